The highest BCUT2D eigenvalue weighted by Crippen LogP contribution is 2.32. The lowest BCUT2D eigenvalue weighted by Crippen LogP contribution is -1.88. The maximum atomic E-state index is 5.84. The predicted molar refractivity (Wildman–Crippen MR) is 76.9 cm³/mol. The first-order chi connectivity index (χ1) is 8.83. The van der Waals surface area contributed by atoms with Gasteiger partial charge in [0.2, 0.25) is 0 Å². The number of anilines is 1. The van der Waals surface area contributed by atoms with Crippen molar-refractivity contribution in [2.24, 2.45) is 0 Å². The van der Waals surface area contributed by atoms with Gasteiger partial charge in [0.1, 0.15) is 0 Å². The van der Waals surface area contributed by atoms with Crippen molar-refractivity contribution in [1.29, 1.82) is 0 Å². The van der Waals surface area contributed by atoms with Gasteiger partial charge in [-0.05, 0) is 29.1 Å². The molecule has 0 saturated carbocycles. The van der Waals surface area contributed by atoms with Gasteiger partial charge >= 0.3 is 0 Å². The fraction of sp³-hybridized carbons (Fsp3) is 0.0769. The van der Waals surface area contributed by atoms with Crippen molar-refractivity contribution in [1.82, 2.24) is 9.97 Å². The summed E-state index contributed by atoms with van der Waals surface area (Å²) in [5, 5.41) is 4.78. The van der Waals surface area contributed by atoms with Gasteiger partial charge in [0.25, 0.3) is 0 Å². The van der Waals surface area contributed by atoms with E-state index >= 15 is 0 Å². The number of aromatic nitrogens is 2. The number of nitrogens with zero attached hydrogens (tertiary/aromatic N) is 2. The van der Waals surface area contributed by atoms with E-state index in [-0.39, 0.29) is 0 Å². The van der Waals surface area contributed by atoms with Crippen LogP contribution in [0.3, 0.4) is 0 Å². The topological polar surface area (TPSA) is 51.8 Å². The maximum absolute atomic E-state index is 5.84. The third kappa shape index (κ3) is 2.27. The normalized spacial score (nSPS) is 10.7. The Morgan fingerprint density at radius 3 is 2.72 bits per heavy atom. The van der Waals surface area contributed by atoms with E-state index in [1.54, 1.807) is 22.7 Å². The van der Waals surface area contributed by atoms with Gasteiger partial charge in [0.15, 0.2) is 5.13 Å². The number of pyridine rings is 1. The highest BCUT2D eigenvalue weighted by Gasteiger charge is 2.12. The molecule has 18 heavy (non-hydrogen) atoms. The number of thiophene rings is 1. The van der Waals surface area contributed by atoms with Crippen LogP contribution in [-0.2, 0) is 6.42 Å². The minimum absolute atomic E-state index is 0.625. The van der Waals surface area contributed by atoms with Gasteiger partial charge in [-0.3, -0.25) is 4.98 Å². The Bertz CT molecular complexity index is 630. The zero-order valence-electron chi connectivity index (χ0n) is 9.54. The fourth-order valence-corrected chi connectivity index (χ4v) is 3.33. The van der Waals surface area contributed by atoms with E-state index in [2.05, 4.69) is 26.8 Å². The molecule has 0 fully saturated rings. The SMILES string of the molecule is Nc1nc(-c2ccsc2)c(Cc2ccncc2)s1. The molecule has 0 aliphatic heterocycles. The number of hydrogen-bond donors (Lipinski definition) is 1. The summed E-state index contributed by atoms with van der Waals surface area (Å²) in [6.45, 7) is 0. The third-order valence-corrected chi connectivity index (χ3v) is 4.19. The Morgan fingerprint density at radius 1 is 1.17 bits per heavy atom. The Labute approximate surface area is 113 Å². The van der Waals surface area contributed by atoms with Crippen molar-refractivity contribution in [2.45, 2.75) is 6.42 Å². The smallest absolute Gasteiger partial charge is 0.180 e. The third-order valence-electron chi connectivity index (χ3n) is 2.62. The van der Waals surface area contributed by atoms with E-state index in [0.717, 1.165) is 17.7 Å². The van der Waals surface area contributed by atoms with Crippen LogP contribution in [0.4, 0.5) is 5.13 Å². The molecule has 3 aromatic heterocycles. The summed E-state index contributed by atoms with van der Waals surface area (Å²) in [5.41, 5.74) is 9.22. The summed E-state index contributed by atoms with van der Waals surface area (Å²) < 4.78 is 0. The lowest BCUT2D eigenvalue weighted by atomic mass is 10.1. The maximum Gasteiger partial charge on any atom is 0.180 e. The molecule has 0 spiro atoms. The molecule has 3 nitrogen and oxygen atoms in total. The average molecular weight is 273 g/mol. The van der Waals surface area contributed by atoms with Crippen molar-refractivity contribution in [2.75, 3.05) is 5.73 Å². The minimum Gasteiger partial charge on any atom is -0.375 e. The Morgan fingerprint density at radius 2 is 2.00 bits per heavy atom. The molecule has 0 bridgehead atoms. The van der Waals surface area contributed by atoms with E-state index in [0.29, 0.717) is 5.13 Å². The summed E-state index contributed by atoms with van der Waals surface area (Å²) >= 11 is 3.23. The quantitative estimate of drug-likeness (QED) is 0.795. The highest BCUT2D eigenvalue weighted by atomic mass is 32.1. The van der Waals surface area contributed by atoms with Crippen LogP contribution in [0.25, 0.3) is 11.3 Å². The molecule has 0 unspecified atom stereocenters. The lowest BCUT2D eigenvalue weighted by Gasteiger charge is -2.00. The number of nitrogens with two attached hydrogens (primary N) is 1. The van der Waals surface area contributed by atoms with Gasteiger partial charge < -0.3 is 5.73 Å². The molecule has 5 heteroatoms. The van der Waals surface area contributed by atoms with Crippen molar-refractivity contribution in [3.8, 4) is 11.3 Å². The molecule has 0 aliphatic carbocycles. The molecule has 0 radical (unpaired) electrons. The first kappa shape index (κ1) is 11.4. The predicted octanol–water partition coefficient (Wildman–Crippen LogP) is 3.44. The van der Waals surface area contributed by atoms with Crippen molar-refractivity contribution >= 4 is 27.8 Å². The minimum atomic E-state index is 0.625. The average Bonchev–Trinajstić information content (AvgIpc) is 3.00. The summed E-state index contributed by atoms with van der Waals surface area (Å²) in [7, 11) is 0. The standard InChI is InChI=1S/C13H11N3S2/c14-13-16-12(10-3-6-17-8-10)11(18-13)7-9-1-4-15-5-2-9/h1-6,8H,7H2,(H2,14,16). The van der Waals surface area contributed by atoms with Gasteiger partial charge in [-0.2, -0.15) is 11.3 Å². The van der Waals surface area contributed by atoms with Gasteiger partial charge in [0.05, 0.1) is 5.69 Å². The zero-order chi connectivity index (χ0) is 12.4. The largest absolute Gasteiger partial charge is 0.375 e. The van der Waals surface area contributed by atoms with Gasteiger partial charge in [-0.15, -0.1) is 11.3 Å². The van der Waals surface area contributed by atoms with E-state index < -0.39 is 0 Å². The van der Waals surface area contributed by atoms with Crippen LogP contribution in [0, 0.1) is 0 Å². The van der Waals surface area contributed by atoms with Crippen LogP contribution >= 0.6 is 22.7 Å². The number of nitrogen functional groups attached to an aromatic ring is 1. The summed E-state index contributed by atoms with van der Waals surface area (Å²) in [6.07, 6.45) is 4.47. The number of thiazole rings is 1. The monoisotopic (exact) mass is 273 g/mol. The van der Waals surface area contributed by atoms with Crippen LogP contribution in [-0.4, -0.2) is 9.97 Å². The summed E-state index contributed by atoms with van der Waals surface area (Å²) in [5.74, 6) is 0. The van der Waals surface area contributed by atoms with Gasteiger partial charge in [-0.25, -0.2) is 4.98 Å². The van der Waals surface area contributed by atoms with Gasteiger partial charge in [-0.1, -0.05) is 0 Å². The number of hydrogen-bond acceptors (Lipinski definition) is 5. The molecular weight excluding hydrogens is 262 g/mol. The Balaban J connectivity index is 1.98. The van der Waals surface area contributed by atoms with E-state index in [1.165, 1.54) is 10.4 Å². The molecule has 0 amide bonds. The molecule has 0 atom stereocenters. The van der Waals surface area contributed by atoms with Crippen molar-refractivity contribution < 1.29 is 0 Å². The van der Waals surface area contributed by atoms with Crippen LogP contribution in [0.1, 0.15) is 10.4 Å². The molecule has 2 N–H and O–H groups in total. The van der Waals surface area contributed by atoms with Crippen molar-refractivity contribution in [3.63, 3.8) is 0 Å². The molecule has 3 heterocycles. The van der Waals surface area contributed by atoms with E-state index in [1.807, 2.05) is 24.5 Å². The fourth-order valence-electron chi connectivity index (χ4n) is 1.80. The summed E-state index contributed by atoms with van der Waals surface area (Å²) in [6, 6.07) is 6.12. The number of rotatable bonds is 3. The molecule has 90 valence electrons. The second kappa shape index (κ2) is 4.88. The first-order valence-electron chi connectivity index (χ1n) is 5.49. The molecular formula is C13H11N3S2. The molecule has 0 aliphatic rings. The summed E-state index contributed by atoms with van der Waals surface area (Å²) in [4.78, 5) is 9.67. The molecule has 0 saturated heterocycles. The second-order valence-corrected chi connectivity index (χ2v) is 5.76. The van der Waals surface area contributed by atoms with Crippen LogP contribution in [0.5, 0.6) is 0 Å². The molecule has 3 aromatic rings. The van der Waals surface area contributed by atoms with E-state index in [4.69, 9.17) is 5.73 Å². The molecule has 0 aromatic carbocycles. The highest BCUT2D eigenvalue weighted by molar-refractivity contribution is 7.15. The zero-order valence-corrected chi connectivity index (χ0v) is 11.2. The van der Waals surface area contributed by atoms with Gasteiger partial charge in [0, 0.05) is 34.6 Å². The Hall–Kier alpha value is -1.72. The van der Waals surface area contributed by atoms with Crippen LogP contribution < -0.4 is 5.73 Å². The van der Waals surface area contributed by atoms with Crippen molar-refractivity contribution in [3.05, 3.63) is 51.8 Å². The van der Waals surface area contributed by atoms with E-state index in [9.17, 15) is 0 Å². The first-order valence-corrected chi connectivity index (χ1v) is 7.25. The molecule has 3 rings (SSSR count). The second-order valence-electron chi connectivity index (χ2n) is 3.87. The lowest BCUT2D eigenvalue weighted by molar-refractivity contribution is 1.18. The van der Waals surface area contributed by atoms with Crippen LogP contribution in [0.15, 0.2) is 41.4 Å². The van der Waals surface area contributed by atoms with Crippen LogP contribution in [0.2, 0.25) is 0 Å². The Kier molecular flexibility index (Phi) is 3.08.